The highest BCUT2D eigenvalue weighted by atomic mass is 35.5. The molecule has 1 aromatic heterocycles. The van der Waals surface area contributed by atoms with Crippen LogP contribution in [0.4, 0.5) is 11.5 Å². The lowest BCUT2D eigenvalue weighted by molar-refractivity contribution is -0.124. The number of rotatable bonds is 1. The van der Waals surface area contributed by atoms with Crippen LogP contribution in [0.2, 0.25) is 5.02 Å². The molecular weight excluding hydrogens is 476 g/mol. The second-order valence-corrected chi connectivity index (χ2v) is 10.2. The van der Waals surface area contributed by atoms with Crippen molar-refractivity contribution < 1.29 is 14.3 Å². The quantitative estimate of drug-likeness (QED) is 0.421. The molecule has 3 aromatic rings. The molecule has 36 heavy (non-hydrogen) atoms. The molecule has 1 saturated heterocycles. The largest absolute Gasteiger partial charge is 0.493 e. The van der Waals surface area contributed by atoms with Crippen LogP contribution >= 0.6 is 11.6 Å². The smallest absolute Gasteiger partial charge is 0.162 e. The van der Waals surface area contributed by atoms with E-state index in [4.69, 9.17) is 21.1 Å². The van der Waals surface area contributed by atoms with E-state index in [0.717, 1.165) is 80.3 Å². The molecule has 190 valence electrons. The molecular formula is C28H33ClN4O3. The van der Waals surface area contributed by atoms with Crippen LogP contribution in [-0.2, 0) is 11.3 Å². The van der Waals surface area contributed by atoms with Crippen LogP contribution in [0.5, 0.6) is 11.5 Å². The van der Waals surface area contributed by atoms with Gasteiger partial charge in [0.2, 0.25) is 0 Å². The summed E-state index contributed by atoms with van der Waals surface area (Å²) in [6.45, 7) is 3.13. The van der Waals surface area contributed by atoms with Crippen molar-refractivity contribution in [2.45, 2.75) is 51.5 Å². The fourth-order valence-electron chi connectivity index (χ4n) is 5.21. The molecule has 0 spiro atoms. The van der Waals surface area contributed by atoms with E-state index < -0.39 is 0 Å². The minimum Gasteiger partial charge on any atom is -0.493 e. The first-order valence-electron chi connectivity index (χ1n) is 12.9. The average Bonchev–Trinajstić information content (AvgIpc) is 2.89. The highest BCUT2D eigenvalue weighted by molar-refractivity contribution is 6.30. The Balaban J connectivity index is 1.52. The first-order valence-corrected chi connectivity index (χ1v) is 13.2. The lowest BCUT2D eigenvalue weighted by atomic mass is 9.90. The average molecular weight is 509 g/mol. The van der Waals surface area contributed by atoms with Gasteiger partial charge in [-0.1, -0.05) is 30.5 Å². The SMILES string of the molecule is COc1cc2ncnc3c2cc1OCCCCCCC(=O)C1CCCN(Cc2ccc(Cl)cc2N3)C1. The van der Waals surface area contributed by atoms with Gasteiger partial charge in [-0.15, -0.1) is 0 Å². The number of fused-ring (bicyclic) bond motifs is 4. The van der Waals surface area contributed by atoms with Crippen LogP contribution < -0.4 is 14.8 Å². The second kappa shape index (κ2) is 11.4. The Morgan fingerprint density at radius 3 is 2.89 bits per heavy atom. The number of hydrogen-bond acceptors (Lipinski definition) is 7. The third kappa shape index (κ3) is 5.73. The number of hydrogen-bond donors (Lipinski definition) is 1. The molecule has 1 N–H and O–H groups in total. The van der Waals surface area contributed by atoms with E-state index in [0.29, 0.717) is 41.2 Å². The van der Waals surface area contributed by atoms with Crippen molar-refractivity contribution in [2.24, 2.45) is 5.92 Å². The zero-order chi connectivity index (χ0) is 24.9. The summed E-state index contributed by atoms with van der Waals surface area (Å²) in [5.41, 5.74) is 2.78. The number of Topliss-reactive ketones (excluding diaryl/α,β-unsaturated/α-hetero) is 1. The maximum Gasteiger partial charge on any atom is 0.162 e. The number of halogens is 1. The van der Waals surface area contributed by atoms with Crippen LogP contribution in [0.3, 0.4) is 0 Å². The number of methoxy groups -OCH3 is 1. The van der Waals surface area contributed by atoms with Crippen LogP contribution in [0.1, 0.15) is 50.5 Å². The van der Waals surface area contributed by atoms with Gasteiger partial charge in [-0.3, -0.25) is 9.69 Å². The molecule has 2 aromatic carbocycles. The number of carbonyl (C=O) groups is 1. The van der Waals surface area contributed by atoms with E-state index in [9.17, 15) is 4.79 Å². The van der Waals surface area contributed by atoms with Crippen molar-refractivity contribution in [1.82, 2.24) is 14.9 Å². The molecule has 8 heteroatoms. The van der Waals surface area contributed by atoms with E-state index >= 15 is 0 Å². The lowest BCUT2D eigenvalue weighted by Gasteiger charge is -2.32. The zero-order valence-corrected chi connectivity index (χ0v) is 21.5. The Morgan fingerprint density at radius 1 is 1.11 bits per heavy atom. The standard InChI is InChI=1S/C28H33ClN4O3/c1-35-26-15-24-22-14-27(26)36-12-5-3-2-4-8-25(34)20-7-6-11-33(17-20)16-19-9-10-21(29)13-23(19)32-28(22)31-18-30-24/h9-10,13-15,18,20H,2-8,11-12,16-17H2,1H3,(H,30,31,32). The maximum atomic E-state index is 12.9. The van der Waals surface area contributed by atoms with Crippen molar-refractivity contribution in [1.29, 1.82) is 0 Å². The van der Waals surface area contributed by atoms with Crippen molar-refractivity contribution in [3.63, 3.8) is 0 Å². The molecule has 1 fully saturated rings. The van der Waals surface area contributed by atoms with E-state index in [-0.39, 0.29) is 5.92 Å². The third-order valence-electron chi connectivity index (χ3n) is 7.18. The van der Waals surface area contributed by atoms with Gasteiger partial charge < -0.3 is 14.8 Å². The number of nitrogens with one attached hydrogen (secondary N) is 1. The molecule has 2 aliphatic rings. The van der Waals surface area contributed by atoms with Gasteiger partial charge in [-0.25, -0.2) is 9.97 Å². The monoisotopic (exact) mass is 508 g/mol. The van der Waals surface area contributed by atoms with Gasteiger partial charge in [-0.05, 0) is 56.0 Å². The Bertz CT molecular complexity index is 1230. The molecule has 3 heterocycles. The van der Waals surface area contributed by atoms with Gasteiger partial charge in [0.15, 0.2) is 11.5 Å². The number of aromatic nitrogens is 2. The highest BCUT2D eigenvalue weighted by Crippen LogP contribution is 2.36. The summed E-state index contributed by atoms with van der Waals surface area (Å²) in [5.74, 6) is 2.53. The van der Waals surface area contributed by atoms with Crippen molar-refractivity contribution in [2.75, 3.05) is 32.1 Å². The topological polar surface area (TPSA) is 76.6 Å². The summed E-state index contributed by atoms with van der Waals surface area (Å²) >= 11 is 6.40. The van der Waals surface area contributed by atoms with Gasteiger partial charge in [0, 0.05) is 47.6 Å². The number of nitrogens with zero attached hydrogens (tertiary/aromatic N) is 3. The van der Waals surface area contributed by atoms with Gasteiger partial charge in [0.1, 0.15) is 17.9 Å². The number of ether oxygens (including phenoxy) is 2. The Hall–Kier alpha value is -2.90. The van der Waals surface area contributed by atoms with Gasteiger partial charge >= 0.3 is 0 Å². The second-order valence-electron chi connectivity index (χ2n) is 9.72. The molecule has 7 nitrogen and oxygen atoms in total. The highest BCUT2D eigenvalue weighted by Gasteiger charge is 2.26. The number of carbonyl (C=O) groups excluding carboxylic acids is 1. The molecule has 4 bridgehead atoms. The molecule has 2 aliphatic heterocycles. The van der Waals surface area contributed by atoms with E-state index in [2.05, 4.69) is 26.3 Å². The van der Waals surface area contributed by atoms with Crippen molar-refractivity contribution in [3.05, 3.63) is 47.2 Å². The third-order valence-corrected chi connectivity index (χ3v) is 7.41. The van der Waals surface area contributed by atoms with Crippen LogP contribution in [0.25, 0.3) is 10.9 Å². The number of anilines is 2. The van der Waals surface area contributed by atoms with Gasteiger partial charge in [0.05, 0.1) is 19.2 Å². The molecule has 0 amide bonds. The summed E-state index contributed by atoms with van der Waals surface area (Å²) in [7, 11) is 1.64. The normalized spacial score (nSPS) is 21.4. The Labute approximate surface area is 217 Å². The number of piperidine rings is 1. The van der Waals surface area contributed by atoms with Crippen molar-refractivity contribution >= 4 is 39.8 Å². The lowest BCUT2D eigenvalue weighted by Crippen LogP contribution is -2.38. The van der Waals surface area contributed by atoms with E-state index in [1.807, 2.05) is 24.3 Å². The van der Waals surface area contributed by atoms with Crippen LogP contribution in [0, 0.1) is 5.92 Å². The van der Waals surface area contributed by atoms with Gasteiger partial charge in [0.25, 0.3) is 0 Å². The summed E-state index contributed by atoms with van der Waals surface area (Å²) in [6, 6.07) is 9.74. The van der Waals surface area contributed by atoms with Crippen molar-refractivity contribution in [3.8, 4) is 11.5 Å². The predicted octanol–water partition coefficient (Wildman–Crippen LogP) is 6.16. The zero-order valence-electron chi connectivity index (χ0n) is 20.8. The molecule has 2 atom stereocenters. The fraction of sp³-hybridized carbons (Fsp3) is 0.464. The predicted molar refractivity (Wildman–Crippen MR) is 142 cm³/mol. The number of ketones is 1. The van der Waals surface area contributed by atoms with E-state index in [1.54, 1.807) is 13.4 Å². The summed E-state index contributed by atoms with van der Waals surface area (Å²) in [6.07, 6.45) is 8.20. The summed E-state index contributed by atoms with van der Waals surface area (Å²) in [4.78, 5) is 24.3. The summed E-state index contributed by atoms with van der Waals surface area (Å²) < 4.78 is 11.7. The molecule has 0 aliphatic carbocycles. The minimum absolute atomic E-state index is 0.128. The van der Waals surface area contributed by atoms with Crippen LogP contribution in [0.15, 0.2) is 36.7 Å². The van der Waals surface area contributed by atoms with Crippen LogP contribution in [-0.4, -0.2) is 47.5 Å². The molecule has 5 rings (SSSR count). The molecule has 0 radical (unpaired) electrons. The first kappa shape index (κ1) is 24.8. The molecule has 0 saturated carbocycles. The summed E-state index contributed by atoms with van der Waals surface area (Å²) in [5, 5.41) is 5.00. The first-order chi connectivity index (χ1) is 17.6. The molecule has 2 unspecified atom stereocenters. The fourth-order valence-corrected chi connectivity index (χ4v) is 5.38. The Kier molecular flexibility index (Phi) is 7.87. The number of benzene rings is 2. The maximum absolute atomic E-state index is 12.9. The van der Waals surface area contributed by atoms with E-state index in [1.165, 1.54) is 0 Å². The van der Waals surface area contributed by atoms with Gasteiger partial charge in [-0.2, -0.15) is 0 Å². The minimum atomic E-state index is 0.128. The Morgan fingerprint density at radius 2 is 2.00 bits per heavy atom.